The van der Waals surface area contributed by atoms with Gasteiger partial charge >= 0.3 is 5.97 Å². The molecule has 1 amide bonds. The molecule has 0 aromatic heterocycles. The SMILES string of the molecule is O=C(O)C[C@@H](C(=O)NO)S(=O)(=O)O. The highest BCUT2D eigenvalue weighted by Gasteiger charge is 2.33. The zero-order valence-corrected chi connectivity index (χ0v) is 6.98. The summed E-state index contributed by atoms with van der Waals surface area (Å²) in [5, 5.41) is 14.0. The van der Waals surface area contributed by atoms with E-state index < -0.39 is 33.7 Å². The maximum absolute atomic E-state index is 10.5. The average molecular weight is 213 g/mol. The summed E-state index contributed by atoms with van der Waals surface area (Å²) in [4.78, 5) is 20.6. The van der Waals surface area contributed by atoms with E-state index in [0.717, 1.165) is 5.48 Å². The molecule has 0 saturated carbocycles. The average Bonchev–Trinajstić information content (AvgIpc) is 1.96. The van der Waals surface area contributed by atoms with Crippen molar-refractivity contribution in [2.75, 3.05) is 0 Å². The number of hydrogen-bond donors (Lipinski definition) is 4. The third-order valence-electron chi connectivity index (χ3n) is 1.12. The van der Waals surface area contributed by atoms with Gasteiger partial charge in [0.25, 0.3) is 16.0 Å². The number of carboxylic acids is 1. The summed E-state index contributed by atoms with van der Waals surface area (Å²) >= 11 is 0. The maximum atomic E-state index is 10.5. The molecule has 0 aromatic carbocycles. The van der Waals surface area contributed by atoms with E-state index in [-0.39, 0.29) is 0 Å². The van der Waals surface area contributed by atoms with Gasteiger partial charge in [-0.3, -0.25) is 19.3 Å². The summed E-state index contributed by atoms with van der Waals surface area (Å²) in [6.45, 7) is 0. The molecule has 1 atom stereocenters. The molecule has 0 aliphatic rings. The maximum Gasteiger partial charge on any atom is 0.305 e. The Morgan fingerprint density at radius 2 is 1.85 bits per heavy atom. The number of amides is 1. The van der Waals surface area contributed by atoms with Crippen LogP contribution in [0.3, 0.4) is 0 Å². The molecule has 0 aromatic rings. The van der Waals surface area contributed by atoms with E-state index in [1.807, 2.05) is 0 Å². The van der Waals surface area contributed by atoms with Crippen LogP contribution in [0.2, 0.25) is 0 Å². The van der Waals surface area contributed by atoms with Crippen LogP contribution in [-0.4, -0.2) is 40.4 Å². The van der Waals surface area contributed by atoms with E-state index in [9.17, 15) is 18.0 Å². The zero-order chi connectivity index (χ0) is 10.6. The third-order valence-corrected chi connectivity index (χ3v) is 2.22. The van der Waals surface area contributed by atoms with E-state index in [1.54, 1.807) is 0 Å². The van der Waals surface area contributed by atoms with Gasteiger partial charge in [0.2, 0.25) is 0 Å². The Kier molecular flexibility index (Phi) is 3.78. The molecule has 0 radical (unpaired) electrons. The number of hydroxylamine groups is 1. The first-order valence-electron chi connectivity index (χ1n) is 2.91. The quantitative estimate of drug-likeness (QED) is 0.246. The molecular weight excluding hydrogens is 206 g/mol. The number of aliphatic carboxylic acids is 1. The second-order valence-corrected chi connectivity index (χ2v) is 3.68. The number of carbonyl (C=O) groups excluding carboxylic acids is 1. The second-order valence-electron chi connectivity index (χ2n) is 2.08. The molecule has 0 bridgehead atoms. The van der Waals surface area contributed by atoms with E-state index in [2.05, 4.69) is 0 Å². The Bertz CT molecular complexity index is 306. The Balaban J connectivity index is 4.77. The van der Waals surface area contributed by atoms with Gasteiger partial charge in [0.1, 0.15) is 0 Å². The first-order valence-corrected chi connectivity index (χ1v) is 4.41. The highest BCUT2D eigenvalue weighted by molar-refractivity contribution is 7.87. The standard InChI is InChI=1S/C4H7NO7S/c6-3(7)1-2(4(8)5-9)13(10,11)12/h2,9H,1H2,(H,5,8)(H,6,7)(H,10,11,12)/t2-/m0/s1. The largest absolute Gasteiger partial charge is 0.481 e. The topological polar surface area (TPSA) is 141 Å². The molecule has 0 fully saturated rings. The van der Waals surface area contributed by atoms with Gasteiger partial charge in [-0.2, -0.15) is 8.42 Å². The normalized spacial score (nSPS) is 13.4. The Morgan fingerprint density at radius 3 is 2.08 bits per heavy atom. The summed E-state index contributed by atoms with van der Waals surface area (Å²) in [5.41, 5.74) is 0.936. The molecule has 0 aliphatic heterocycles. The smallest absolute Gasteiger partial charge is 0.305 e. The van der Waals surface area contributed by atoms with Crippen LogP contribution in [0.5, 0.6) is 0 Å². The van der Waals surface area contributed by atoms with Crippen LogP contribution in [0.1, 0.15) is 6.42 Å². The molecular formula is C4H7NO7S. The molecule has 0 unspecified atom stereocenters. The lowest BCUT2D eigenvalue weighted by atomic mass is 10.3. The highest BCUT2D eigenvalue weighted by atomic mass is 32.2. The summed E-state index contributed by atoms with van der Waals surface area (Å²) in [6, 6.07) is 0. The van der Waals surface area contributed by atoms with E-state index in [4.69, 9.17) is 14.9 Å². The van der Waals surface area contributed by atoms with Crippen molar-refractivity contribution in [3.63, 3.8) is 0 Å². The van der Waals surface area contributed by atoms with Crippen molar-refractivity contribution >= 4 is 22.0 Å². The van der Waals surface area contributed by atoms with Crippen LogP contribution in [0.15, 0.2) is 0 Å². The molecule has 76 valence electrons. The summed E-state index contributed by atoms with van der Waals surface area (Å²) < 4.78 is 29.1. The highest BCUT2D eigenvalue weighted by Crippen LogP contribution is 2.04. The molecule has 13 heavy (non-hydrogen) atoms. The van der Waals surface area contributed by atoms with Crippen LogP contribution in [0.4, 0.5) is 0 Å². The van der Waals surface area contributed by atoms with Crippen molar-refractivity contribution < 1.29 is 32.9 Å². The van der Waals surface area contributed by atoms with Crippen molar-refractivity contribution in [2.45, 2.75) is 11.7 Å². The van der Waals surface area contributed by atoms with Gasteiger partial charge in [0.15, 0.2) is 5.25 Å². The fourth-order valence-corrected chi connectivity index (χ4v) is 1.24. The van der Waals surface area contributed by atoms with Crippen LogP contribution >= 0.6 is 0 Å². The second kappa shape index (κ2) is 4.16. The molecule has 0 rings (SSSR count). The lowest BCUT2D eigenvalue weighted by Gasteiger charge is -2.07. The van der Waals surface area contributed by atoms with Crippen LogP contribution in [0.25, 0.3) is 0 Å². The Morgan fingerprint density at radius 1 is 1.38 bits per heavy atom. The Hall–Kier alpha value is -1.19. The van der Waals surface area contributed by atoms with Gasteiger partial charge in [-0.25, -0.2) is 5.48 Å². The van der Waals surface area contributed by atoms with Gasteiger partial charge < -0.3 is 5.11 Å². The van der Waals surface area contributed by atoms with Crippen molar-refractivity contribution in [1.29, 1.82) is 0 Å². The van der Waals surface area contributed by atoms with Crippen LogP contribution in [-0.2, 0) is 19.7 Å². The first kappa shape index (κ1) is 11.8. The molecule has 0 heterocycles. The predicted molar refractivity (Wildman–Crippen MR) is 37.5 cm³/mol. The van der Waals surface area contributed by atoms with E-state index in [1.165, 1.54) is 0 Å². The zero-order valence-electron chi connectivity index (χ0n) is 6.17. The van der Waals surface area contributed by atoms with Gasteiger partial charge in [-0.05, 0) is 0 Å². The lowest BCUT2D eigenvalue weighted by Crippen LogP contribution is -2.39. The lowest BCUT2D eigenvalue weighted by molar-refractivity contribution is -0.140. The number of carbonyl (C=O) groups is 2. The third kappa shape index (κ3) is 3.83. The fraction of sp³-hybridized carbons (Fsp3) is 0.500. The minimum Gasteiger partial charge on any atom is -0.481 e. The van der Waals surface area contributed by atoms with Gasteiger partial charge in [0.05, 0.1) is 6.42 Å². The van der Waals surface area contributed by atoms with Crippen molar-refractivity contribution in [2.24, 2.45) is 0 Å². The predicted octanol–water partition coefficient (Wildman–Crippen LogP) is -1.78. The summed E-state index contributed by atoms with van der Waals surface area (Å²) in [6.07, 6.45) is -1.12. The van der Waals surface area contributed by atoms with Crippen molar-refractivity contribution in [1.82, 2.24) is 5.48 Å². The molecule has 0 spiro atoms. The molecule has 4 N–H and O–H groups in total. The van der Waals surface area contributed by atoms with E-state index >= 15 is 0 Å². The van der Waals surface area contributed by atoms with Gasteiger partial charge in [0, 0.05) is 0 Å². The van der Waals surface area contributed by atoms with Gasteiger partial charge in [-0.15, -0.1) is 0 Å². The number of rotatable bonds is 4. The number of nitrogens with one attached hydrogen (secondary N) is 1. The minimum absolute atomic E-state index is 0.936. The monoisotopic (exact) mass is 213 g/mol. The van der Waals surface area contributed by atoms with Crippen molar-refractivity contribution in [3.05, 3.63) is 0 Å². The molecule has 0 saturated heterocycles. The van der Waals surface area contributed by atoms with Crippen LogP contribution < -0.4 is 5.48 Å². The Labute approximate surface area is 72.9 Å². The number of carboxylic acid groups (broad SMARTS) is 1. The fourth-order valence-electron chi connectivity index (χ4n) is 0.564. The van der Waals surface area contributed by atoms with Crippen LogP contribution in [0, 0.1) is 0 Å². The van der Waals surface area contributed by atoms with Gasteiger partial charge in [-0.1, -0.05) is 0 Å². The van der Waals surface area contributed by atoms with Crippen molar-refractivity contribution in [3.8, 4) is 0 Å². The molecule has 0 aliphatic carbocycles. The summed E-state index contributed by atoms with van der Waals surface area (Å²) in [7, 11) is -4.82. The minimum atomic E-state index is -4.82. The molecule has 9 heteroatoms. The first-order chi connectivity index (χ1) is 5.79. The number of hydrogen-bond acceptors (Lipinski definition) is 5. The summed E-state index contributed by atoms with van der Waals surface area (Å²) in [5.74, 6) is -3.09. The van der Waals surface area contributed by atoms with E-state index in [0.29, 0.717) is 0 Å². The molecule has 8 nitrogen and oxygen atoms in total.